The van der Waals surface area contributed by atoms with Crippen LogP contribution >= 0.6 is 34.8 Å². The van der Waals surface area contributed by atoms with Crippen LogP contribution in [0.5, 0.6) is 0 Å². The fraction of sp³-hybridized carbons (Fsp3) is 0.136. The Labute approximate surface area is 188 Å². The number of anilines is 1. The molecule has 2 aromatic carbocycles. The van der Waals surface area contributed by atoms with Gasteiger partial charge in [0.15, 0.2) is 5.78 Å². The summed E-state index contributed by atoms with van der Waals surface area (Å²) >= 11 is 18.5. The van der Waals surface area contributed by atoms with E-state index in [1.54, 1.807) is 48.7 Å². The zero-order chi connectivity index (χ0) is 21.4. The normalized spacial score (nSPS) is 15.8. The van der Waals surface area contributed by atoms with E-state index in [-0.39, 0.29) is 18.1 Å². The number of aromatic amines is 1. The van der Waals surface area contributed by atoms with Crippen molar-refractivity contribution in [2.24, 2.45) is 4.99 Å². The number of carbonyl (C=O) groups excluding carboxylic acids is 2. The van der Waals surface area contributed by atoms with Crippen LogP contribution in [0.4, 0.5) is 5.69 Å². The molecule has 4 rings (SSSR count). The van der Waals surface area contributed by atoms with Crippen molar-refractivity contribution in [3.63, 3.8) is 0 Å². The van der Waals surface area contributed by atoms with Crippen LogP contribution < -0.4 is 5.32 Å². The van der Waals surface area contributed by atoms with Gasteiger partial charge < -0.3 is 10.3 Å². The lowest BCUT2D eigenvalue weighted by atomic mass is 10.0. The van der Waals surface area contributed by atoms with E-state index in [1.165, 1.54) is 6.92 Å². The number of benzodiazepines with no additional fused rings is 1. The number of H-pyrrole nitrogens is 1. The van der Waals surface area contributed by atoms with Gasteiger partial charge in [-0.15, -0.1) is 0 Å². The number of carbonyl (C=O) groups is 2. The number of Topliss-reactive ketones (excluding diaryl/α,β-unsaturated/α-hetero) is 1. The molecule has 1 atom stereocenters. The number of nitrogens with zero attached hydrogens (tertiary/aromatic N) is 1. The van der Waals surface area contributed by atoms with Gasteiger partial charge in [0.25, 0.3) is 0 Å². The smallest absolute Gasteiger partial charge is 0.249 e. The minimum absolute atomic E-state index is 0.0968. The molecule has 0 spiro atoms. The van der Waals surface area contributed by atoms with Crippen LogP contribution in [0.2, 0.25) is 15.1 Å². The van der Waals surface area contributed by atoms with Crippen molar-refractivity contribution in [3.05, 3.63) is 86.1 Å². The van der Waals surface area contributed by atoms with Crippen LogP contribution in [0.25, 0.3) is 0 Å². The summed E-state index contributed by atoms with van der Waals surface area (Å²) in [7, 11) is 0. The number of rotatable bonds is 4. The Kier molecular flexibility index (Phi) is 5.69. The highest BCUT2D eigenvalue weighted by Gasteiger charge is 2.27. The Balaban J connectivity index is 1.82. The van der Waals surface area contributed by atoms with Gasteiger partial charge >= 0.3 is 0 Å². The molecule has 3 aromatic rings. The molecular formula is C22H16Cl3N3O2. The average Bonchev–Trinajstić information content (AvgIpc) is 3.14. The summed E-state index contributed by atoms with van der Waals surface area (Å²) in [4.78, 5) is 32.4. The number of nitrogens with one attached hydrogen (secondary N) is 2. The molecule has 5 nitrogen and oxygen atoms in total. The maximum absolute atomic E-state index is 13.0. The Bertz CT molecular complexity index is 1200. The second-order valence-corrected chi connectivity index (χ2v) is 8.25. The molecule has 2 heterocycles. The van der Waals surface area contributed by atoms with Gasteiger partial charge in [-0.3, -0.25) is 14.6 Å². The number of halogens is 3. The first-order chi connectivity index (χ1) is 14.3. The van der Waals surface area contributed by atoms with Gasteiger partial charge in [-0.2, -0.15) is 0 Å². The molecule has 1 aliphatic heterocycles. The molecule has 8 heteroatoms. The summed E-state index contributed by atoms with van der Waals surface area (Å²) in [6.07, 6.45) is 1.99. The zero-order valence-corrected chi connectivity index (χ0v) is 18.1. The second-order valence-electron chi connectivity index (χ2n) is 6.97. The molecule has 1 aromatic heterocycles. The van der Waals surface area contributed by atoms with Crippen LogP contribution in [0.1, 0.15) is 34.1 Å². The first-order valence-corrected chi connectivity index (χ1v) is 10.3. The third kappa shape index (κ3) is 4.15. The molecular weight excluding hydrogens is 445 g/mol. The number of fused-ring (bicyclic) bond motifs is 1. The lowest BCUT2D eigenvalue weighted by Crippen LogP contribution is -2.27. The molecule has 0 aliphatic carbocycles. The number of ketones is 1. The highest BCUT2D eigenvalue weighted by atomic mass is 35.5. The summed E-state index contributed by atoms with van der Waals surface area (Å²) in [6.45, 7) is 1.48. The number of hydrogen-bond donors (Lipinski definition) is 2. The van der Waals surface area contributed by atoms with Crippen LogP contribution in [-0.2, 0) is 11.2 Å². The molecule has 0 bridgehead atoms. The second kappa shape index (κ2) is 8.26. The van der Waals surface area contributed by atoms with E-state index in [1.807, 2.05) is 0 Å². The number of benzene rings is 2. The van der Waals surface area contributed by atoms with Gasteiger partial charge in [-0.05, 0) is 42.0 Å². The van der Waals surface area contributed by atoms with Crippen molar-refractivity contribution in [3.8, 4) is 0 Å². The summed E-state index contributed by atoms with van der Waals surface area (Å²) in [5, 5.41) is 4.42. The summed E-state index contributed by atoms with van der Waals surface area (Å²) in [5.74, 6) is -0.359. The molecule has 0 saturated heterocycles. The molecule has 0 saturated carbocycles. The molecule has 1 amide bonds. The zero-order valence-electron chi connectivity index (χ0n) is 15.8. The van der Waals surface area contributed by atoms with Crippen molar-refractivity contribution < 1.29 is 9.59 Å². The standard InChI is InChI=1S/C22H16Cl3N3O2/c1-11(29)19-7-13(10-26-19)21-16-8-14(23)4-5-18(16)28-22(30)20(27-21)6-12-2-3-15(24)9-17(12)25/h2-5,7-10,20,26H,6H2,1H3,(H,28,30). The largest absolute Gasteiger partial charge is 0.358 e. The fourth-order valence-electron chi connectivity index (χ4n) is 3.32. The van der Waals surface area contributed by atoms with Crippen LogP contribution in [0, 0.1) is 0 Å². The van der Waals surface area contributed by atoms with E-state index in [0.29, 0.717) is 43.3 Å². The lowest BCUT2D eigenvalue weighted by Gasteiger charge is -2.12. The monoisotopic (exact) mass is 459 g/mol. The Morgan fingerprint density at radius 1 is 1.07 bits per heavy atom. The highest BCUT2D eigenvalue weighted by Crippen LogP contribution is 2.29. The molecule has 1 unspecified atom stereocenters. The topological polar surface area (TPSA) is 74.3 Å². The van der Waals surface area contributed by atoms with E-state index < -0.39 is 6.04 Å². The van der Waals surface area contributed by atoms with Gasteiger partial charge in [-0.25, -0.2) is 0 Å². The molecule has 30 heavy (non-hydrogen) atoms. The Morgan fingerprint density at radius 2 is 1.80 bits per heavy atom. The molecule has 1 aliphatic rings. The van der Waals surface area contributed by atoms with Gasteiger partial charge in [0, 0.05) is 45.7 Å². The fourth-order valence-corrected chi connectivity index (χ4v) is 3.98. The number of aromatic nitrogens is 1. The SMILES string of the molecule is CC(=O)c1cc(C2=NC(Cc3ccc(Cl)cc3Cl)C(=O)Nc3ccc(Cl)cc32)c[nH]1. The predicted octanol–water partition coefficient (Wildman–Crippen LogP) is 5.58. The molecule has 0 radical (unpaired) electrons. The van der Waals surface area contributed by atoms with E-state index in [0.717, 1.165) is 5.56 Å². The molecule has 0 fully saturated rings. The van der Waals surface area contributed by atoms with Crippen LogP contribution in [0.3, 0.4) is 0 Å². The van der Waals surface area contributed by atoms with Crippen LogP contribution in [-0.4, -0.2) is 28.4 Å². The number of aliphatic imine (C=N–C) groups is 1. The van der Waals surface area contributed by atoms with E-state index in [2.05, 4.69) is 10.3 Å². The minimum Gasteiger partial charge on any atom is -0.358 e. The lowest BCUT2D eigenvalue weighted by molar-refractivity contribution is -0.117. The first-order valence-electron chi connectivity index (χ1n) is 9.14. The van der Waals surface area contributed by atoms with Crippen molar-refractivity contribution >= 4 is 57.9 Å². The minimum atomic E-state index is -0.736. The van der Waals surface area contributed by atoms with Crippen molar-refractivity contribution in [2.45, 2.75) is 19.4 Å². The van der Waals surface area contributed by atoms with Crippen molar-refractivity contribution in [2.75, 3.05) is 5.32 Å². The number of hydrogen-bond acceptors (Lipinski definition) is 3. The first kappa shape index (κ1) is 20.7. The van der Waals surface area contributed by atoms with Crippen LogP contribution in [0.15, 0.2) is 53.7 Å². The van der Waals surface area contributed by atoms with E-state index >= 15 is 0 Å². The van der Waals surface area contributed by atoms with E-state index in [9.17, 15) is 9.59 Å². The van der Waals surface area contributed by atoms with Gasteiger partial charge in [-0.1, -0.05) is 40.9 Å². The number of amides is 1. The van der Waals surface area contributed by atoms with Gasteiger partial charge in [0.1, 0.15) is 6.04 Å². The molecule has 2 N–H and O–H groups in total. The Hall–Kier alpha value is -2.60. The average molecular weight is 461 g/mol. The third-order valence-electron chi connectivity index (χ3n) is 4.85. The maximum Gasteiger partial charge on any atom is 0.249 e. The van der Waals surface area contributed by atoms with Gasteiger partial charge in [0.05, 0.1) is 17.1 Å². The summed E-state index contributed by atoms with van der Waals surface area (Å²) in [5.41, 5.74) is 3.73. The summed E-state index contributed by atoms with van der Waals surface area (Å²) in [6, 6.07) is 11.3. The maximum atomic E-state index is 13.0. The quantitative estimate of drug-likeness (QED) is 0.499. The third-order valence-corrected chi connectivity index (χ3v) is 5.67. The van der Waals surface area contributed by atoms with Crippen molar-refractivity contribution in [1.29, 1.82) is 0 Å². The summed E-state index contributed by atoms with van der Waals surface area (Å²) < 4.78 is 0. The predicted molar refractivity (Wildman–Crippen MR) is 120 cm³/mol. The van der Waals surface area contributed by atoms with Gasteiger partial charge in [0.2, 0.25) is 5.91 Å². The van der Waals surface area contributed by atoms with Crippen molar-refractivity contribution in [1.82, 2.24) is 4.98 Å². The van der Waals surface area contributed by atoms with E-state index in [4.69, 9.17) is 39.8 Å². The Morgan fingerprint density at radius 3 is 2.50 bits per heavy atom. The molecule has 152 valence electrons. The highest BCUT2D eigenvalue weighted by molar-refractivity contribution is 6.35.